The molecule has 1 rings (SSSR count). The molecule has 0 saturated heterocycles. The van der Waals surface area contributed by atoms with Crippen LogP contribution in [0.1, 0.15) is 24.5 Å². The van der Waals surface area contributed by atoms with Crippen LogP contribution in [0.15, 0.2) is 24.3 Å². The number of benzene rings is 1. The van der Waals surface area contributed by atoms with E-state index < -0.39 is 5.97 Å². The summed E-state index contributed by atoms with van der Waals surface area (Å²) in [6, 6.07) is 7.92. The fourth-order valence-corrected chi connectivity index (χ4v) is 2.00. The lowest BCUT2D eigenvalue weighted by molar-refractivity contribution is -0.138. The first-order valence-electron chi connectivity index (χ1n) is 6.77. The number of hydrogen-bond acceptors (Lipinski definition) is 3. The molecule has 5 heteroatoms. The fraction of sp³-hybridized carbons (Fsp3) is 0.467. The highest BCUT2D eigenvalue weighted by Crippen LogP contribution is 2.03. The third kappa shape index (κ3) is 6.33. The van der Waals surface area contributed by atoms with Gasteiger partial charge in [0.15, 0.2) is 0 Å². The highest BCUT2D eigenvalue weighted by molar-refractivity contribution is 5.79. The van der Waals surface area contributed by atoms with Gasteiger partial charge in [0.2, 0.25) is 5.91 Å². The van der Waals surface area contributed by atoms with Crippen LogP contribution in [0.5, 0.6) is 0 Å². The van der Waals surface area contributed by atoms with Crippen molar-refractivity contribution in [1.29, 1.82) is 0 Å². The van der Waals surface area contributed by atoms with Gasteiger partial charge in [0.05, 0.1) is 13.1 Å². The number of amides is 1. The molecule has 0 bridgehead atoms. The lowest BCUT2D eigenvalue weighted by atomic mass is 10.1. The van der Waals surface area contributed by atoms with Crippen LogP contribution in [0.2, 0.25) is 0 Å². The molecule has 110 valence electrons. The van der Waals surface area contributed by atoms with Gasteiger partial charge in [-0.3, -0.25) is 14.5 Å². The second kappa shape index (κ2) is 8.32. The largest absolute Gasteiger partial charge is 0.480 e. The minimum atomic E-state index is -0.912. The van der Waals surface area contributed by atoms with Crippen molar-refractivity contribution < 1.29 is 14.7 Å². The van der Waals surface area contributed by atoms with Crippen molar-refractivity contribution in [3.05, 3.63) is 35.4 Å². The Morgan fingerprint density at radius 1 is 1.30 bits per heavy atom. The van der Waals surface area contributed by atoms with Crippen LogP contribution in [-0.4, -0.2) is 41.5 Å². The maximum atomic E-state index is 11.8. The van der Waals surface area contributed by atoms with E-state index in [0.29, 0.717) is 13.1 Å². The summed E-state index contributed by atoms with van der Waals surface area (Å²) in [5.74, 6) is -1.06. The van der Waals surface area contributed by atoms with Gasteiger partial charge >= 0.3 is 5.97 Å². The molecule has 0 aliphatic carbocycles. The zero-order chi connectivity index (χ0) is 15.0. The number of nitrogens with one attached hydrogen (secondary N) is 1. The minimum Gasteiger partial charge on any atom is -0.480 e. The molecule has 0 spiro atoms. The number of aliphatic carboxylic acids is 1. The number of carboxylic acid groups (broad SMARTS) is 1. The van der Waals surface area contributed by atoms with E-state index >= 15 is 0 Å². The minimum absolute atomic E-state index is 0.105. The molecular weight excluding hydrogens is 256 g/mol. The van der Waals surface area contributed by atoms with Crippen molar-refractivity contribution in [3.63, 3.8) is 0 Å². The predicted octanol–water partition coefficient (Wildman–Crippen LogP) is 1.41. The molecule has 5 nitrogen and oxygen atoms in total. The molecule has 0 saturated carbocycles. The number of hydrogen-bond donors (Lipinski definition) is 2. The van der Waals surface area contributed by atoms with Crippen molar-refractivity contribution in [2.24, 2.45) is 0 Å². The number of carbonyl (C=O) groups excluding carboxylic acids is 1. The molecule has 2 N–H and O–H groups in total. The summed E-state index contributed by atoms with van der Waals surface area (Å²) in [6.45, 7) is 5.04. The van der Waals surface area contributed by atoms with Gasteiger partial charge in [-0.25, -0.2) is 0 Å². The van der Waals surface area contributed by atoms with E-state index in [1.165, 1.54) is 0 Å². The third-order valence-electron chi connectivity index (χ3n) is 2.84. The Bertz CT molecular complexity index is 460. The summed E-state index contributed by atoms with van der Waals surface area (Å²) >= 11 is 0. The van der Waals surface area contributed by atoms with Gasteiger partial charge < -0.3 is 10.4 Å². The smallest absolute Gasteiger partial charge is 0.317 e. The standard InChI is InChI=1S/C15H22N2O3/c1-3-7-17(11-15(19)20)10-14(18)16-9-13-6-4-5-12(2)8-13/h4-6,8H,3,7,9-11H2,1-2H3,(H,16,18)(H,19,20). The van der Waals surface area contributed by atoms with Crippen molar-refractivity contribution in [3.8, 4) is 0 Å². The predicted molar refractivity (Wildman–Crippen MR) is 77.4 cm³/mol. The number of carboxylic acids is 1. The molecule has 0 fully saturated rings. The van der Waals surface area contributed by atoms with E-state index in [4.69, 9.17) is 5.11 Å². The van der Waals surface area contributed by atoms with Crippen LogP contribution in [0.4, 0.5) is 0 Å². The van der Waals surface area contributed by atoms with E-state index in [0.717, 1.165) is 17.5 Å². The summed E-state index contributed by atoms with van der Waals surface area (Å²) in [4.78, 5) is 24.2. The SMILES string of the molecule is CCCN(CC(=O)O)CC(=O)NCc1cccc(C)c1. The topological polar surface area (TPSA) is 69.6 Å². The van der Waals surface area contributed by atoms with Gasteiger partial charge in [-0.05, 0) is 25.5 Å². The molecule has 0 unspecified atom stereocenters. The lowest BCUT2D eigenvalue weighted by Crippen LogP contribution is -2.40. The lowest BCUT2D eigenvalue weighted by Gasteiger charge is -2.18. The summed E-state index contributed by atoms with van der Waals surface area (Å²) in [5, 5.41) is 11.6. The zero-order valence-electron chi connectivity index (χ0n) is 12.1. The van der Waals surface area contributed by atoms with E-state index in [1.807, 2.05) is 38.1 Å². The quantitative estimate of drug-likeness (QED) is 0.754. The average molecular weight is 278 g/mol. The zero-order valence-corrected chi connectivity index (χ0v) is 12.1. The first kappa shape index (κ1) is 16.2. The normalized spacial score (nSPS) is 10.6. The van der Waals surface area contributed by atoms with E-state index in [-0.39, 0.29) is 19.0 Å². The van der Waals surface area contributed by atoms with Crippen LogP contribution in [0.3, 0.4) is 0 Å². The van der Waals surface area contributed by atoms with Gasteiger partial charge in [-0.1, -0.05) is 36.8 Å². The fourth-order valence-electron chi connectivity index (χ4n) is 2.00. The van der Waals surface area contributed by atoms with Crippen LogP contribution in [0.25, 0.3) is 0 Å². The molecule has 0 atom stereocenters. The van der Waals surface area contributed by atoms with Gasteiger partial charge in [-0.2, -0.15) is 0 Å². The molecule has 0 heterocycles. The van der Waals surface area contributed by atoms with Gasteiger partial charge in [0.25, 0.3) is 0 Å². The summed E-state index contributed by atoms with van der Waals surface area (Å²) < 4.78 is 0. The van der Waals surface area contributed by atoms with E-state index in [9.17, 15) is 9.59 Å². The highest BCUT2D eigenvalue weighted by Gasteiger charge is 2.12. The number of carbonyl (C=O) groups is 2. The molecule has 1 aromatic carbocycles. The average Bonchev–Trinajstić information content (AvgIpc) is 2.36. The van der Waals surface area contributed by atoms with Crippen molar-refractivity contribution in [2.75, 3.05) is 19.6 Å². The van der Waals surface area contributed by atoms with Crippen LogP contribution < -0.4 is 5.32 Å². The van der Waals surface area contributed by atoms with Crippen LogP contribution in [-0.2, 0) is 16.1 Å². The first-order chi connectivity index (χ1) is 9.51. The second-order valence-electron chi connectivity index (χ2n) is 4.87. The Hall–Kier alpha value is -1.88. The Balaban J connectivity index is 2.43. The Labute approximate surface area is 119 Å². The van der Waals surface area contributed by atoms with Crippen LogP contribution >= 0.6 is 0 Å². The van der Waals surface area contributed by atoms with Gasteiger partial charge in [0.1, 0.15) is 0 Å². The molecule has 0 aliphatic heterocycles. The summed E-state index contributed by atoms with van der Waals surface area (Å²) in [7, 11) is 0. The molecule has 0 aliphatic rings. The Morgan fingerprint density at radius 2 is 2.05 bits per heavy atom. The molecular formula is C15H22N2O3. The monoisotopic (exact) mass is 278 g/mol. The van der Waals surface area contributed by atoms with E-state index in [1.54, 1.807) is 4.90 Å². The van der Waals surface area contributed by atoms with Crippen molar-refractivity contribution >= 4 is 11.9 Å². The van der Waals surface area contributed by atoms with Crippen LogP contribution in [0, 0.1) is 6.92 Å². The first-order valence-corrected chi connectivity index (χ1v) is 6.77. The van der Waals surface area contributed by atoms with E-state index in [2.05, 4.69) is 5.32 Å². The number of nitrogens with zero attached hydrogens (tertiary/aromatic N) is 1. The Kier molecular flexibility index (Phi) is 6.73. The summed E-state index contributed by atoms with van der Waals surface area (Å²) in [6.07, 6.45) is 0.818. The Morgan fingerprint density at radius 3 is 2.65 bits per heavy atom. The molecule has 1 aromatic rings. The van der Waals surface area contributed by atoms with Gasteiger partial charge in [0, 0.05) is 6.54 Å². The molecule has 1 amide bonds. The third-order valence-corrected chi connectivity index (χ3v) is 2.84. The van der Waals surface area contributed by atoms with Crippen molar-refractivity contribution in [2.45, 2.75) is 26.8 Å². The summed E-state index contributed by atoms with van der Waals surface area (Å²) in [5.41, 5.74) is 2.19. The van der Waals surface area contributed by atoms with Crippen molar-refractivity contribution in [1.82, 2.24) is 10.2 Å². The maximum Gasteiger partial charge on any atom is 0.317 e. The molecule has 20 heavy (non-hydrogen) atoms. The number of aryl methyl sites for hydroxylation is 1. The molecule has 0 radical (unpaired) electrons. The second-order valence-corrected chi connectivity index (χ2v) is 4.87. The molecule has 0 aromatic heterocycles. The highest BCUT2D eigenvalue weighted by atomic mass is 16.4. The number of rotatable bonds is 8. The maximum absolute atomic E-state index is 11.8. The van der Waals surface area contributed by atoms with Gasteiger partial charge in [-0.15, -0.1) is 0 Å².